The van der Waals surface area contributed by atoms with E-state index in [0.29, 0.717) is 22.7 Å². The molecular weight excluding hydrogens is 482 g/mol. The van der Waals surface area contributed by atoms with Crippen LogP contribution in [0.2, 0.25) is 0 Å². The molecule has 6 unspecified atom stereocenters. The van der Waals surface area contributed by atoms with Crippen molar-refractivity contribution in [3.8, 4) is 0 Å². The van der Waals surface area contributed by atoms with Gasteiger partial charge >= 0.3 is 0 Å². The van der Waals surface area contributed by atoms with E-state index in [4.69, 9.17) is 19.5 Å². The third-order valence-corrected chi connectivity index (χ3v) is 12.3. The van der Waals surface area contributed by atoms with Gasteiger partial charge in [0.15, 0.2) is 6.29 Å². The van der Waals surface area contributed by atoms with Crippen molar-refractivity contribution in [1.82, 2.24) is 0 Å². The molecule has 0 radical (unpaired) electrons. The monoisotopic (exact) mass is 535 g/mol. The lowest BCUT2D eigenvalue weighted by molar-refractivity contribution is -0.188. The average molecular weight is 536 g/mol. The van der Waals surface area contributed by atoms with Gasteiger partial charge in [-0.25, -0.2) is 0 Å². The van der Waals surface area contributed by atoms with Crippen molar-refractivity contribution in [3.63, 3.8) is 0 Å². The van der Waals surface area contributed by atoms with Crippen LogP contribution in [0.5, 0.6) is 0 Å². The minimum atomic E-state index is -0.175. The summed E-state index contributed by atoms with van der Waals surface area (Å²) in [5.74, 6) is 3.47. The van der Waals surface area contributed by atoms with Crippen molar-refractivity contribution < 1.29 is 14.3 Å². The highest BCUT2D eigenvalue weighted by atomic mass is 16.7. The van der Waals surface area contributed by atoms with Gasteiger partial charge in [0, 0.05) is 11.8 Å². The molecule has 0 aromatic rings. The molecule has 0 amide bonds. The Balaban J connectivity index is 1.12. The normalized spacial score (nSPS) is 47.7. The van der Waals surface area contributed by atoms with E-state index in [2.05, 4.69) is 65.0 Å². The summed E-state index contributed by atoms with van der Waals surface area (Å²) in [5.41, 5.74) is 3.63. The molecule has 0 saturated heterocycles. The maximum absolute atomic E-state index is 6.56. The Morgan fingerprint density at radius 1 is 1.05 bits per heavy atom. The van der Waals surface area contributed by atoms with E-state index >= 15 is 0 Å². The topological polar surface area (TPSA) is 40.0 Å². The predicted octanol–water partition coefficient (Wildman–Crippen LogP) is 8.78. The maximum Gasteiger partial charge on any atom is 0.177 e. The van der Waals surface area contributed by atoms with Crippen molar-refractivity contribution in [2.24, 2.45) is 45.6 Å². The Hall–Kier alpha value is -1.39. The highest BCUT2D eigenvalue weighted by Crippen LogP contribution is 2.66. The highest BCUT2D eigenvalue weighted by molar-refractivity contribution is 5.85. The number of rotatable bonds is 6. The number of ether oxygens (including phenoxy) is 2. The van der Waals surface area contributed by atoms with E-state index in [1.54, 1.807) is 5.57 Å². The van der Waals surface area contributed by atoms with Crippen LogP contribution in [-0.2, 0) is 14.3 Å². The van der Waals surface area contributed by atoms with Gasteiger partial charge in [0.1, 0.15) is 6.10 Å². The molecule has 6 aliphatic rings. The summed E-state index contributed by atoms with van der Waals surface area (Å²) in [4.78, 5) is 6.02. The Morgan fingerprint density at radius 2 is 1.92 bits per heavy atom. The Labute approximate surface area is 237 Å². The summed E-state index contributed by atoms with van der Waals surface area (Å²) < 4.78 is 12.8. The standard InChI is InChI=1S/C35H53NO3/c1-6-32-23(2)12-17-33(38-32)37-27-18-20-34(4)25(22-27)13-14-28-30-16-15-29(35(30,5)21-19-31(28)34)24(3)36-39-26-10-8-7-9-11-26/h8,10,12-13,17,23,26-33H,6-7,9,11,14-16,18-22H2,1-5H3/b36-24+/t23-,26?,27?,28?,29+,30?,31?,32+,33?,34-,35+/m0/s1. The zero-order chi connectivity index (χ0) is 27.2. The van der Waals surface area contributed by atoms with Crippen LogP contribution in [0.4, 0.5) is 0 Å². The molecule has 3 saturated carbocycles. The lowest BCUT2D eigenvalue weighted by Gasteiger charge is -2.58. The van der Waals surface area contributed by atoms with Gasteiger partial charge in [-0.15, -0.1) is 0 Å². The van der Waals surface area contributed by atoms with Crippen LogP contribution in [0.3, 0.4) is 0 Å². The molecule has 216 valence electrons. The summed E-state index contributed by atoms with van der Waals surface area (Å²) in [6.45, 7) is 11.9. The van der Waals surface area contributed by atoms with Crippen LogP contribution in [0.25, 0.3) is 0 Å². The summed E-state index contributed by atoms with van der Waals surface area (Å²) in [6.07, 6.45) is 26.7. The molecular formula is C35H53NO3. The first-order valence-electron chi connectivity index (χ1n) is 16.4. The molecule has 0 spiro atoms. The Morgan fingerprint density at radius 3 is 2.72 bits per heavy atom. The molecule has 0 aromatic carbocycles. The zero-order valence-corrected chi connectivity index (χ0v) is 25.2. The molecule has 0 aromatic heterocycles. The minimum Gasteiger partial charge on any atom is -0.388 e. The summed E-state index contributed by atoms with van der Waals surface area (Å²) >= 11 is 0. The average Bonchev–Trinajstić information content (AvgIpc) is 3.31. The molecule has 39 heavy (non-hydrogen) atoms. The fourth-order valence-corrected chi connectivity index (χ4v) is 9.98. The summed E-state index contributed by atoms with van der Waals surface area (Å²) in [7, 11) is 0. The minimum absolute atomic E-state index is 0.174. The lowest BCUT2D eigenvalue weighted by Crippen LogP contribution is -2.51. The first-order chi connectivity index (χ1) is 18.8. The van der Waals surface area contributed by atoms with Gasteiger partial charge in [0.25, 0.3) is 0 Å². The molecule has 0 N–H and O–H groups in total. The van der Waals surface area contributed by atoms with Crippen LogP contribution < -0.4 is 0 Å². The fourth-order valence-electron chi connectivity index (χ4n) is 9.98. The third kappa shape index (κ3) is 5.11. The Bertz CT molecular complexity index is 1010. The van der Waals surface area contributed by atoms with Crippen LogP contribution in [0.1, 0.15) is 112 Å². The van der Waals surface area contributed by atoms with E-state index in [0.717, 1.165) is 43.4 Å². The lowest BCUT2D eigenvalue weighted by atomic mass is 9.47. The van der Waals surface area contributed by atoms with E-state index in [-0.39, 0.29) is 24.6 Å². The van der Waals surface area contributed by atoms with Crippen molar-refractivity contribution in [3.05, 3.63) is 36.0 Å². The Kier molecular flexibility index (Phi) is 7.92. The number of hydrogen-bond donors (Lipinski definition) is 0. The van der Waals surface area contributed by atoms with Gasteiger partial charge < -0.3 is 14.3 Å². The van der Waals surface area contributed by atoms with Crippen LogP contribution >= 0.6 is 0 Å². The van der Waals surface area contributed by atoms with Crippen molar-refractivity contribution in [1.29, 1.82) is 0 Å². The second kappa shape index (κ2) is 11.1. The number of allylic oxidation sites excluding steroid dienone is 2. The predicted molar refractivity (Wildman–Crippen MR) is 158 cm³/mol. The van der Waals surface area contributed by atoms with E-state index in [1.807, 2.05) is 0 Å². The molecule has 11 atom stereocenters. The molecule has 4 nitrogen and oxygen atoms in total. The SMILES string of the molecule is CC[C@H]1OC(OC2CC[C@@]3(C)C(=CCC4C3CC[C@@]3(C)C4CC[C@@H]3/C(C)=N/OC3C=CCCC3)C2)C=C[C@@H]1C. The smallest absolute Gasteiger partial charge is 0.177 e. The third-order valence-electron chi connectivity index (χ3n) is 12.3. The molecule has 0 bridgehead atoms. The van der Waals surface area contributed by atoms with Crippen molar-refractivity contribution in [2.45, 2.75) is 136 Å². The molecule has 3 fully saturated rings. The van der Waals surface area contributed by atoms with Crippen LogP contribution in [-0.4, -0.2) is 30.3 Å². The van der Waals surface area contributed by atoms with Crippen LogP contribution in [0.15, 0.2) is 41.1 Å². The maximum atomic E-state index is 6.56. The van der Waals surface area contributed by atoms with Gasteiger partial charge in [0.2, 0.25) is 0 Å². The number of fused-ring (bicyclic) bond motifs is 5. The summed E-state index contributed by atoms with van der Waals surface area (Å²) in [6, 6.07) is 0. The van der Waals surface area contributed by atoms with Crippen molar-refractivity contribution >= 4 is 5.71 Å². The molecule has 5 aliphatic carbocycles. The molecule has 4 heteroatoms. The van der Waals surface area contributed by atoms with Gasteiger partial charge in [0.05, 0.1) is 17.9 Å². The first kappa shape index (κ1) is 27.8. The van der Waals surface area contributed by atoms with Gasteiger partial charge in [-0.05, 0) is 125 Å². The van der Waals surface area contributed by atoms with E-state index < -0.39 is 0 Å². The van der Waals surface area contributed by atoms with Crippen LogP contribution in [0, 0.1) is 40.4 Å². The molecule has 6 rings (SSSR count). The molecule has 1 aliphatic heterocycles. The number of hydrogen-bond acceptors (Lipinski definition) is 4. The van der Waals surface area contributed by atoms with E-state index in [9.17, 15) is 0 Å². The fraction of sp³-hybridized carbons (Fsp3) is 0.800. The number of nitrogens with zero attached hydrogens (tertiary/aromatic N) is 1. The van der Waals surface area contributed by atoms with Gasteiger partial charge in [-0.1, -0.05) is 56.7 Å². The second-order valence-corrected chi connectivity index (χ2v) is 14.4. The number of oxime groups is 1. The second-order valence-electron chi connectivity index (χ2n) is 14.4. The summed E-state index contributed by atoms with van der Waals surface area (Å²) in [5, 5.41) is 4.74. The molecule has 1 heterocycles. The quantitative estimate of drug-likeness (QED) is 0.194. The van der Waals surface area contributed by atoms with Crippen molar-refractivity contribution in [2.75, 3.05) is 0 Å². The van der Waals surface area contributed by atoms with Gasteiger partial charge in [-0.3, -0.25) is 0 Å². The zero-order valence-electron chi connectivity index (χ0n) is 25.2. The highest BCUT2D eigenvalue weighted by Gasteiger charge is 2.59. The largest absolute Gasteiger partial charge is 0.388 e. The van der Waals surface area contributed by atoms with E-state index in [1.165, 1.54) is 57.1 Å². The van der Waals surface area contributed by atoms with Gasteiger partial charge in [-0.2, -0.15) is 0 Å². The first-order valence-corrected chi connectivity index (χ1v) is 16.4.